The Morgan fingerprint density at radius 1 is 0.914 bits per heavy atom. The van der Waals surface area contributed by atoms with Gasteiger partial charge >= 0.3 is 0 Å². The maximum absolute atomic E-state index is 13.1. The number of rotatable bonds is 4. The molecule has 3 saturated heterocycles. The summed E-state index contributed by atoms with van der Waals surface area (Å²) in [6, 6.07) is 4.17. The van der Waals surface area contributed by atoms with Crippen molar-refractivity contribution in [3.63, 3.8) is 0 Å². The van der Waals surface area contributed by atoms with Crippen LogP contribution in [-0.4, -0.2) is 84.6 Å². The number of amides is 5. The Kier molecular flexibility index (Phi) is 7.42. The number of hydrogen-bond donors (Lipinski definition) is 2. The second-order valence-electron chi connectivity index (χ2n) is 9.44. The minimum Gasteiger partial charge on any atom is -0.368 e. The fourth-order valence-corrected chi connectivity index (χ4v) is 5.33. The summed E-state index contributed by atoms with van der Waals surface area (Å²) >= 11 is 0. The van der Waals surface area contributed by atoms with Crippen molar-refractivity contribution in [3.05, 3.63) is 29.3 Å². The van der Waals surface area contributed by atoms with E-state index in [1.807, 2.05) is 11.0 Å². The summed E-state index contributed by atoms with van der Waals surface area (Å²) in [6.45, 7) is 4.50. The third-order valence-electron chi connectivity index (χ3n) is 7.34. The first kappa shape index (κ1) is 25.1. The SMILES string of the molecule is Cl.O=C1CCC(N2C(=O)c3ccc(N4CCN(C(=O)CC5CCNCC5)CC4)cc3C2=O)C(=O)N1. The van der Waals surface area contributed by atoms with Gasteiger partial charge in [-0.1, -0.05) is 0 Å². The van der Waals surface area contributed by atoms with E-state index in [1.54, 1.807) is 12.1 Å². The van der Waals surface area contributed by atoms with Gasteiger partial charge in [0, 0.05) is 44.7 Å². The molecule has 0 radical (unpaired) electrons. The van der Waals surface area contributed by atoms with Crippen molar-refractivity contribution in [2.24, 2.45) is 5.92 Å². The largest absolute Gasteiger partial charge is 0.368 e. The zero-order chi connectivity index (χ0) is 23.8. The van der Waals surface area contributed by atoms with Gasteiger partial charge in [0.25, 0.3) is 11.8 Å². The van der Waals surface area contributed by atoms with Crippen LogP contribution in [0.2, 0.25) is 0 Å². The van der Waals surface area contributed by atoms with E-state index >= 15 is 0 Å². The molecule has 0 aromatic heterocycles. The first-order valence-corrected chi connectivity index (χ1v) is 12.0. The van der Waals surface area contributed by atoms with Gasteiger partial charge < -0.3 is 15.1 Å². The molecule has 0 spiro atoms. The van der Waals surface area contributed by atoms with E-state index < -0.39 is 29.7 Å². The standard InChI is InChI=1S/C24H29N5O5.ClH/c30-20-4-3-19(22(32)26-20)29-23(33)17-2-1-16(14-18(17)24(29)34)27-9-11-28(12-10-27)21(31)13-15-5-7-25-8-6-15;/h1-2,14-15,19,25H,3-13H2,(H,26,30,32);1H. The summed E-state index contributed by atoms with van der Waals surface area (Å²) in [7, 11) is 0. The molecule has 0 aliphatic carbocycles. The van der Waals surface area contributed by atoms with Gasteiger partial charge in [-0.3, -0.25) is 34.2 Å². The Bertz CT molecular complexity index is 1050. The lowest BCUT2D eigenvalue weighted by Crippen LogP contribution is -2.54. The second kappa shape index (κ2) is 10.3. The third-order valence-corrected chi connectivity index (χ3v) is 7.34. The van der Waals surface area contributed by atoms with E-state index in [0.717, 1.165) is 36.5 Å². The van der Waals surface area contributed by atoms with Crippen molar-refractivity contribution >= 4 is 47.6 Å². The number of halogens is 1. The van der Waals surface area contributed by atoms with E-state index in [1.165, 1.54) is 0 Å². The molecule has 1 unspecified atom stereocenters. The van der Waals surface area contributed by atoms with Crippen molar-refractivity contribution < 1.29 is 24.0 Å². The van der Waals surface area contributed by atoms with Crippen LogP contribution in [0.25, 0.3) is 0 Å². The molecule has 10 nitrogen and oxygen atoms in total. The molecule has 1 aromatic carbocycles. The molecule has 1 aromatic rings. The van der Waals surface area contributed by atoms with E-state index in [0.29, 0.717) is 38.5 Å². The smallest absolute Gasteiger partial charge is 0.262 e. The van der Waals surface area contributed by atoms with Crippen LogP contribution in [-0.2, 0) is 14.4 Å². The van der Waals surface area contributed by atoms with E-state index in [2.05, 4.69) is 15.5 Å². The summed E-state index contributed by atoms with van der Waals surface area (Å²) in [5.41, 5.74) is 1.36. The maximum atomic E-state index is 13.1. The van der Waals surface area contributed by atoms with Crippen molar-refractivity contribution in [3.8, 4) is 0 Å². The normalized spacial score (nSPS) is 23.2. The van der Waals surface area contributed by atoms with E-state index in [-0.39, 0.29) is 42.3 Å². The van der Waals surface area contributed by atoms with E-state index in [9.17, 15) is 24.0 Å². The summed E-state index contributed by atoms with van der Waals surface area (Å²) in [6.07, 6.45) is 2.92. The number of imide groups is 2. The number of nitrogens with one attached hydrogen (secondary N) is 2. The van der Waals surface area contributed by atoms with Gasteiger partial charge in [-0.25, -0.2) is 0 Å². The summed E-state index contributed by atoms with van der Waals surface area (Å²) in [5, 5.41) is 5.54. The van der Waals surface area contributed by atoms with Gasteiger partial charge in [0.1, 0.15) is 6.04 Å². The van der Waals surface area contributed by atoms with E-state index in [4.69, 9.17) is 0 Å². The van der Waals surface area contributed by atoms with Crippen molar-refractivity contribution in [1.82, 2.24) is 20.4 Å². The Labute approximate surface area is 209 Å². The van der Waals surface area contributed by atoms with Gasteiger partial charge in [0.05, 0.1) is 11.1 Å². The van der Waals surface area contributed by atoms with Crippen LogP contribution in [0.15, 0.2) is 18.2 Å². The van der Waals surface area contributed by atoms with Crippen LogP contribution in [0.5, 0.6) is 0 Å². The van der Waals surface area contributed by atoms with Gasteiger partial charge in [0.2, 0.25) is 17.7 Å². The molecule has 4 aliphatic heterocycles. The molecule has 188 valence electrons. The first-order valence-electron chi connectivity index (χ1n) is 12.0. The number of anilines is 1. The molecular formula is C24H30ClN5O5. The number of carbonyl (C=O) groups is 5. The third kappa shape index (κ3) is 4.90. The van der Waals surface area contributed by atoms with Gasteiger partial charge in [-0.05, 0) is 56.5 Å². The summed E-state index contributed by atoms with van der Waals surface area (Å²) < 4.78 is 0. The highest BCUT2D eigenvalue weighted by atomic mass is 35.5. The molecule has 5 amide bonds. The second-order valence-corrected chi connectivity index (χ2v) is 9.44. The molecule has 4 aliphatic rings. The van der Waals surface area contributed by atoms with Crippen LogP contribution in [0.3, 0.4) is 0 Å². The predicted molar refractivity (Wildman–Crippen MR) is 129 cm³/mol. The molecule has 4 heterocycles. The van der Waals surface area contributed by atoms with Crippen LogP contribution >= 0.6 is 12.4 Å². The highest BCUT2D eigenvalue weighted by Gasteiger charge is 2.44. The Hall–Kier alpha value is -2.98. The summed E-state index contributed by atoms with van der Waals surface area (Å²) in [4.78, 5) is 67.4. The molecular weight excluding hydrogens is 474 g/mol. The molecule has 2 N–H and O–H groups in total. The number of nitrogens with zero attached hydrogens (tertiary/aromatic N) is 3. The minimum atomic E-state index is -0.969. The molecule has 1 atom stereocenters. The van der Waals surface area contributed by atoms with Crippen molar-refractivity contribution in [2.45, 2.75) is 38.1 Å². The lowest BCUT2D eigenvalue weighted by atomic mass is 9.94. The first-order chi connectivity index (χ1) is 16.4. The molecule has 3 fully saturated rings. The minimum absolute atomic E-state index is 0. The molecule has 35 heavy (non-hydrogen) atoms. The van der Waals surface area contributed by atoms with Gasteiger partial charge in [-0.2, -0.15) is 0 Å². The lowest BCUT2D eigenvalue weighted by molar-refractivity contribution is -0.136. The fourth-order valence-electron chi connectivity index (χ4n) is 5.33. The zero-order valence-electron chi connectivity index (χ0n) is 19.5. The number of benzene rings is 1. The molecule has 5 rings (SSSR count). The van der Waals surface area contributed by atoms with Gasteiger partial charge in [0.15, 0.2) is 0 Å². The fraction of sp³-hybridized carbons (Fsp3) is 0.542. The number of fused-ring (bicyclic) bond motifs is 1. The summed E-state index contributed by atoms with van der Waals surface area (Å²) in [5.74, 6) is -1.35. The topological polar surface area (TPSA) is 119 Å². The van der Waals surface area contributed by atoms with Gasteiger partial charge in [-0.15, -0.1) is 12.4 Å². The Balaban J connectivity index is 0.00000289. The average molecular weight is 504 g/mol. The van der Waals surface area contributed by atoms with Crippen LogP contribution in [0, 0.1) is 5.92 Å². The van der Waals surface area contributed by atoms with Crippen LogP contribution in [0.1, 0.15) is 52.8 Å². The van der Waals surface area contributed by atoms with Crippen molar-refractivity contribution in [1.29, 1.82) is 0 Å². The highest BCUT2D eigenvalue weighted by molar-refractivity contribution is 6.23. The molecule has 11 heteroatoms. The van der Waals surface area contributed by atoms with Crippen molar-refractivity contribution in [2.75, 3.05) is 44.2 Å². The predicted octanol–water partition coefficient (Wildman–Crippen LogP) is 0.548. The highest BCUT2D eigenvalue weighted by Crippen LogP contribution is 2.31. The number of carbonyl (C=O) groups excluding carboxylic acids is 5. The Morgan fingerprint density at radius 2 is 1.60 bits per heavy atom. The number of piperazine rings is 1. The quantitative estimate of drug-likeness (QED) is 0.576. The van der Waals surface area contributed by atoms with Crippen LogP contribution < -0.4 is 15.5 Å². The number of piperidine rings is 2. The lowest BCUT2D eigenvalue weighted by Gasteiger charge is -2.37. The monoisotopic (exact) mass is 503 g/mol. The number of hydrogen-bond acceptors (Lipinski definition) is 7. The zero-order valence-corrected chi connectivity index (χ0v) is 20.3. The average Bonchev–Trinajstić information content (AvgIpc) is 3.09. The Morgan fingerprint density at radius 3 is 2.29 bits per heavy atom. The van der Waals surface area contributed by atoms with Crippen LogP contribution in [0.4, 0.5) is 5.69 Å². The molecule has 0 saturated carbocycles. The maximum Gasteiger partial charge on any atom is 0.262 e. The molecule has 0 bridgehead atoms.